The molecule has 0 saturated heterocycles. The number of benzene rings is 1. The van der Waals surface area contributed by atoms with Crippen LogP contribution < -0.4 is 11.1 Å². The molecule has 0 bridgehead atoms. The van der Waals surface area contributed by atoms with Crippen LogP contribution in [0.4, 0.5) is 11.4 Å². The third-order valence-electron chi connectivity index (χ3n) is 2.90. The number of aromatic nitrogens is 1. The van der Waals surface area contributed by atoms with E-state index in [9.17, 15) is 0 Å². The number of aryl methyl sites for hydroxylation is 2. The van der Waals surface area contributed by atoms with Crippen LogP contribution in [-0.4, -0.2) is 4.98 Å². The molecule has 3 nitrogen and oxygen atoms in total. The Balaban J connectivity index is 2.08. The van der Waals surface area contributed by atoms with E-state index < -0.39 is 0 Å². The first kappa shape index (κ1) is 11.5. The zero-order chi connectivity index (χ0) is 12.3. The summed E-state index contributed by atoms with van der Waals surface area (Å²) in [6.07, 6.45) is 3.69. The number of nitrogen functional groups attached to an aromatic ring is 1. The lowest BCUT2D eigenvalue weighted by atomic mass is 10.1. The molecule has 1 aromatic heterocycles. The fourth-order valence-corrected chi connectivity index (χ4v) is 1.65. The summed E-state index contributed by atoms with van der Waals surface area (Å²) in [5.74, 6) is 0. The van der Waals surface area contributed by atoms with Gasteiger partial charge in [0.2, 0.25) is 0 Å². The monoisotopic (exact) mass is 227 g/mol. The maximum absolute atomic E-state index is 5.87. The van der Waals surface area contributed by atoms with Crippen molar-refractivity contribution in [1.82, 2.24) is 4.98 Å². The van der Waals surface area contributed by atoms with Crippen molar-refractivity contribution in [3.63, 3.8) is 0 Å². The van der Waals surface area contributed by atoms with E-state index in [1.807, 2.05) is 43.6 Å². The molecule has 88 valence electrons. The molecular formula is C14H17N3. The molecule has 0 spiro atoms. The van der Waals surface area contributed by atoms with Gasteiger partial charge in [0.25, 0.3) is 0 Å². The first-order valence-corrected chi connectivity index (χ1v) is 5.66. The maximum atomic E-state index is 5.87. The molecular weight excluding hydrogens is 210 g/mol. The summed E-state index contributed by atoms with van der Waals surface area (Å²) in [6.45, 7) is 4.86. The van der Waals surface area contributed by atoms with E-state index in [0.29, 0.717) is 0 Å². The number of anilines is 2. The van der Waals surface area contributed by atoms with Crippen molar-refractivity contribution in [1.29, 1.82) is 0 Å². The fourth-order valence-electron chi connectivity index (χ4n) is 1.65. The molecule has 0 saturated carbocycles. The quantitative estimate of drug-likeness (QED) is 0.793. The Morgan fingerprint density at radius 1 is 1.18 bits per heavy atom. The van der Waals surface area contributed by atoms with Gasteiger partial charge in [0.05, 0.1) is 0 Å². The minimum atomic E-state index is 0.789. The molecule has 2 rings (SSSR count). The highest BCUT2D eigenvalue weighted by molar-refractivity contribution is 5.58. The van der Waals surface area contributed by atoms with Crippen LogP contribution in [0.1, 0.15) is 16.7 Å². The Bertz CT molecular complexity index is 521. The predicted molar refractivity (Wildman–Crippen MR) is 71.9 cm³/mol. The van der Waals surface area contributed by atoms with Crippen LogP contribution >= 0.6 is 0 Å². The minimum absolute atomic E-state index is 0.789. The van der Waals surface area contributed by atoms with Gasteiger partial charge in [-0.3, -0.25) is 4.98 Å². The Labute approximate surface area is 102 Å². The number of rotatable bonds is 3. The van der Waals surface area contributed by atoms with E-state index in [1.165, 1.54) is 11.1 Å². The molecule has 0 radical (unpaired) electrons. The molecule has 0 aliphatic heterocycles. The predicted octanol–water partition coefficient (Wildman–Crippen LogP) is 2.89. The van der Waals surface area contributed by atoms with Crippen LogP contribution in [0, 0.1) is 13.8 Å². The maximum Gasteiger partial charge on any atom is 0.0404 e. The van der Waals surface area contributed by atoms with Gasteiger partial charge in [-0.2, -0.15) is 0 Å². The van der Waals surface area contributed by atoms with Gasteiger partial charge in [0.15, 0.2) is 0 Å². The van der Waals surface area contributed by atoms with Gasteiger partial charge in [-0.1, -0.05) is 6.07 Å². The highest BCUT2D eigenvalue weighted by Gasteiger charge is 1.99. The smallest absolute Gasteiger partial charge is 0.0404 e. The average Bonchev–Trinajstić information content (AvgIpc) is 2.32. The van der Waals surface area contributed by atoms with Crippen molar-refractivity contribution < 1.29 is 0 Å². The molecule has 17 heavy (non-hydrogen) atoms. The van der Waals surface area contributed by atoms with E-state index in [1.54, 1.807) is 0 Å². The summed E-state index contributed by atoms with van der Waals surface area (Å²) >= 11 is 0. The third kappa shape index (κ3) is 2.75. The Kier molecular flexibility index (Phi) is 3.28. The van der Waals surface area contributed by atoms with Crippen LogP contribution in [0.15, 0.2) is 36.7 Å². The topological polar surface area (TPSA) is 50.9 Å². The SMILES string of the molecule is Cc1ccc(NCc2ccncc2C)cc1N. The lowest BCUT2D eigenvalue weighted by molar-refractivity contribution is 1.09. The number of pyridine rings is 1. The summed E-state index contributed by atoms with van der Waals surface area (Å²) in [7, 11) is 0. The molecule has 0 unspecified atom stereocenters. The van der Waals surface area contributed by atoms with Gasteiger partial charge < -0.3 is 11.1 Å². The van der Waals surface area contributed by atoms with Crippen LogP contribution in [0.3, 0.4) is 0 Å². The average molecular weight is 227 g/mol. The van der Waals surface area contributed by atoms with Crippen LogP contribution in [0.25, 0.3) is 0 Å². The Hall–Kier alpha value is -2.03. The summed E-state index contributed by atoms with van der Waals surface area (Å²) in [6, 6.07) is 8.06. The molecule has 3 N–H and O–H groups in total. The van der Waals surface area contributed by atoms with Crippen LogP contribution in [-0.2, 0) is 6.54 Å². The first-order chi connectivity index (χ1) is 8.16. The second-order valence-corrected chi connectivity index (χ2v) is 4.23. The number of nitrogens with one attached hydrogen (secondary N) is 1. The highest BCUT2D eigenvalue weighted by Crippen LogP contribution is 2.18. The van der Waals surface area contributed by atoms with Gasteiger partial charge in [0.1, 0.15) is 0 Å². The molecule has 0 aliphatic rings. The van der Waals surface area contributed by atoms with Gasteiger partial charge in [-0.25, -0.2) is 0 Å². The molecule has 0 amide bonds. The Morgan fingerprint density at radius 3 is 2.71 bits per heavy atom. The molecule has 1 aromatic carbocycles. The standard InChI is InChI=1S/C14H17N3/c1-10-3-4-13(7-14(10)15)17-9-12-5-6-16-8-11(12)2/h3-8,17H,9,15H2,1-2H3. The molecule has 0 fully saturated rings. The summed E-state index contributed by atoms with van der Waals surface area (Å²) < 4.78 is 0. The Morgan fingerprint density at radius 2 is 2.00 bits per heavy atom. The van der Waals surface area contributed by atoms with Crippen molar-refractivity contribution in [2.45, 2.75) is 20.4 Å². The van der Waals surface area contributed by atoms with E-state index in [2.05, 4.69) is 17.2 Å². The minimum Gasteiger partial charge on any atom is -0.398 e. The van der Waals surface area contributed by atoms with Gasteiger partial charge >= 0.3 is 0 Å². The lowest BCUT2D eigenvalue weighted by Crippen LogP contribution is -2.02. The van der Waals surface area contributed by atoms with Crippen molar-refractivity contribution in [3.05, 3.63) is 53.3 Å². The zero-order valence-electron chi connectivity index (χ0n) is 10.2. The van der Waals surface area contributed by atoms with Crippen molar-refractivity contribution in [2.75, 3.05) is 11.1 Å². The van der Waals surface area contributed by atoms with Gasteiger partial charge in [0, 0.05) is 30.3 Å². The third-order valence-corrected chi connectivity index (χ3v) is 2.90. The number of hydrogen-bond donors (Lipinski definition) is 2. The molecule has 1 heterocycles. The lowest BCUT2D eigenvalue weighted by Gasteiger charge is -2.10. The van der Waals surface area contributed by atoms with Crippen LogP contribution in [0.5, 0.6) is 0 Å². The van der Waals surface area contributed by atoms with Crippen LogP contribution in [0.2, 0.25) is 0 Å². The fraction of sp³-hybridized carbons (Fsp3) is 0.214. The van der Waals surface area contributed by atoms with E-state index >= 15 is 0 Å². The van der Waals surface area contributed by atoms with E-state index in [-0.39, 0.29) is 0 Å². The summed E-state index contributed by atoms with van der Waals surface area (Å²) in [5.41, 5.74) is 11.3. The van der Waals surface area contributed by atoms with Crippen molar-refractivity contribution >= 4 is 11.4 Å². The molecule has 0 atom stereocenters. The van der Waals surface area contributed by atoms with E-state index in [4.69, 9.17) is 5.73 Å². The van der Waals surface area contributed by atoms with E-state index in [0.717, 1.165) is 23.5 Å². The summed E-state index contributed by atoms with van der Waals surface area (Å²) in [4.78, 5) is 4.08. The number of nitrogens with two attached hydrogens (primary N) is 1. The summed E-state index contributed by atoms with van der Waals surface area (Å²) in [5, 5.41) is 3.36. The second kappa shape index (κ2) is 4.87. The van der Waals surface area contributed by atoms with Crippen molar-refractivity contribution in [3.8, 4) is 0 Å². The van der Waals surface area contributed by atoms with Gasteiger partial charge in [-0.15, -0.1) is 0 Å². The molecule has 2 aromatic rings. The number of hydrogen-bond acceptors (Lipinski definition) is 3. The number of nitrogens with zero attached hydrogens (tertiary/aromatic N) is 1. The normalized spacial score (nSPS) is 10.2. The molecule has 3 heteroatoms. The second-order valence-electron chi connectivity index (χ2n) is 4.23. The van der Waals surface area contributed by atoms with Crippen molar-refractivity contribution in [2.24, 2.45) is 0 Å². The molecule has 0 aliphatic carbocycles. The largest absolute Gasteiger partial charge is 0.398 e. The zero-order valence-corrected chi connectivity index (χ0v) is 10.2. The highest BCUT2D eigenvalue weighted by atomic mass is 14.9. The van der Waals surface area contributed by atoms with Gasteiger partial charge in [-0.05, 0) is 48.7 Å². The first-order valence-electron chi connectivity index (χ1n) is 5.66.